The molecule has 0 unspecified atom stereocenters. The first-order valence-electron chi connectivity index (χ1n) is 8.67. The molecule has 0 bridgehead atoms. The van der Waals surface area contributed by atoms with E-state index in [1.807, 2.05) is 0 Å². The summed E-state index contributed by atoms with van der Waals surface area (Å²) in [7, 11) is -6.82. The van der Waals surface area contributed by atoms with Crippen LogP contribution in [0.2, 0.25) is 0 Å². The third-order valence-electron chi connectivity index (χ3n) is 3.81. The molecule has 32 heavy (non-hydrogen) atoms. The van der Waals surface area contributed by atoms with Crippen LogP contribution in [-0.4, -0.2) is 7.25 Å². The van der Waals surface area contributed by atoms with Crippen LogP contribution in [0.5, 0.6) is 0 Å². The van der Waals surface area contributed by atoms with Crippen LogP contribution >= 0.6 is 0 Å². The minimum Gasteiger partial charge on any atom is -0.418 e. The second kappa shape index (κ2) is 9.89. The minimum atomic E-state index is -6.00. The highest BCUT2D eigenvalue weighted by Crippen LogP contribution is 2.36. The number of alkyl halides is 6. The van der Waals surface area contributed by atoms with Crippen molar-refractivity contribution in [1.82, 2.24) is 0 Å². The summed E-state index contributed by atoms with van der Waals surface area (Å²) in [5.41, 5.74) is -1.54. The maximum absolute atomic E-state index is 12.8. The van der Waals surface area contributed by atoms with Crippen molar-refractivity contribution < 1.29 is 43.6 Å². The van der Waals surface area contributed by atoms with Gasteiger partial charge in [-0.25, -0.2) is 0 Å². The molecule has 172 valence electrons. The first kappa shape index (κ1) is 25.6. The topological polar surface area (TPSA) is 0 Å². The van der Waals surface area contributed by atoms with Gasteiger partial charge in [-0.2, -0.15) is 26.3 Å². The minimum absolute atomic E-state index is 0.592. The molecule has 3 aromatic rings. The summed E-state index contributed by atoms with van der Waals surface area (Å²) in [6, 6.07) is 18.4. The highest BCUT2D eigenvalue weighted by molar-refractivity contribution is 7.97. The van der Waals surface area contributed by atoms with Crippen molar-refractivity contribution in [3.63, 3.8) is 0 Å². The Morgan fingerprint density at radius 3 is 1.03 bits per heavy atom. The molecular formula is C20H13BF10S. The lowest BCUT2D eigenvalue weighted by Gasteiger charge is -2.11. The van der Waals surface area contributed by atoms with Gasteiger partial charge < -0.3 is 17.3 Å². The monoisotopic (exact) mass is 486 g/mol. The van der Waals surface area contributed by atoms with Gasteiger partial charge in [-0.05, 0) is 60.7 Å². The van der Waals surface area contributed by atoms with Gasteiger partial charge in [0.05, 0.1) is 22.0 Å². The molecule has 0 atom stereocenters. The Morgan fingerprint density at radius 2 is 0.750 bits per heavy atom. The predicted octanol–water partition coefficient (Wildman–Crippen LogP) is 8.12. The van der Waals surface area contributed by atoms with Gasteiger partial charge in [0, 0.05) is 0 Å². The summed E-state index contributed by atoms with van der Waals surface area (Å²) >= 11 is 0. The molecule has 0 aromatic heterocycles. The van der Waals surface area contributed by atoms with E-state index in [-0.39, 0.29) is 0 Å². The molecule has 0 fully saturated rings. The van der Waals surface area contributed by atoms with Gasteiger partial charge in [0.15, 0.2) is 14.7 Å². The molecule has 0 N–H and O–H groups in total. The van der Waals surface area contributed by atoms with Crippen molar-refractivity contribution in [3.8, 4) is 0 Å². The molecule has 0 saturated heterocycles. The molecule has 0 aliphatic heterocycles. The first-order chi connectivity index (χ1) is 14.7. The van der Waals surface area contributed by atoms with E-state index in [1.54, 1.807) is 30.3 Å². The van der Waals surface area contributed by atoms with E-state index in [0.29, 0.717) is 9.79 Å². The maximum atomic E-state index is 12.8. The second-order valence-electron chi connectivity index (χ2n) is 6.16. The van der Waals surface area contributed by atoms with E-state index in [0.717, 1.165) is 29.2 Å². The van der Waals surface area contributed by atoms with Crippen LogP contribution in [0.3, 0.4) is 0 Å². The lowest BCUT2D eigenvalue weighted by atomic mass is 10.2. The van der Waals surface area contributed by atoms with E-state index < -0.39 is 41.6 Å². The van der Waals surface area contributed by atoms with Crippen molar-refractivity contribution in [1.29, 1.82) is 0 Å². The third kappa shape index (κ3) is 7.81. The molecule has 0 aliphatic carbocycles. The van der Waals surface area contributed by atoms with E-state index in [4.69, 9.17) is 0 Å². The van der Waals surface area contributed by atoms with Crippen LogP contribution in [0.1, 0.15) is 11.1 Å². The van der Waals surface area contributed by atoms with E-state index in [2.05, 4.69) is 0 Å². The van der Waals surface area contributed by atoms with Crippen molar-refractivity contribution in [2.45, 2.75) is 27.0 Å². The van der Waals surface area contributed by atoms with Crippen molar-refractivity contribution in [2.24, 2.45) is 0 Å². The molecular weight excluding hydrogens is 473 g/mol. The largest absolute Gasteiger partial charge is 0.673 e. The van der Waals surface area contributed by atoms with Gasteiger partial charge in [-0.15, -0.1) is 0 Å². The van der Waals surface area contributed by atoms with Crippen LogP contribution in [0, 0.1) is 0 Å². The molecule has 3 aromatic carbocycles. The number of rotatable bonds is 3. The van der Waals surface area contributed by atoms with Crippen LogP contribution < -0.4 is 0 Å². The van der Waals surface area contributed by atoms with Crippen LogP contribution in [0.15, 0.2) is 93.5 Å². The normalized spacial score (nSPS) is 12.3. The standard InChI is InChI=1S/C20H13F6S.BF4/c21-19(22,23)14-6-10-17(11-7-14)27(16-4-2-1-3-5-16)18-12-8-15(9-13-18)20(24,25)26;2-1(3,4)5/h1-13H;/q+1;-1. The first-order valence-corrected chi connectivity index (χ1v) is 9.90. The van der Waals surface area contributed by atoms with E-state index >= 15 is 0 Å². The Morgan fingerprint density at radius 1 is 0.469 bits per heavy atom. The molecule has 0 radical (unpaired) electrons. The zero-order chi connectivity index (χ0) is 24.2. The SMILES string of the molecule is FC(F)(F)c1ccc([S+](c2ccccc2)c2ccc(C(F)(F)F)cc2)cc1.F[B-](F)(F)F. The summed E-state index contributed by atoms with van der Waals surface area (Å²) in [6.07, 6.45) is -8.89. The average molecular weight is 486 g/mol. The summed E-state index contributed by atoms with van der Waals surface area (Å²) in [4.78, 5) is 1.99. The Balaban J connectivity index is 0.000000654. The fourth-order valence-electron chi connectivity index (χ4n) is 2.52. The molecule has 0 spiro atoms. The smallest absolute Gasteiger partial charge is 0.418 e. The highest BCUT2D eigenvalue weighted by atomic mass is 32.2. The van der Waals surface area contributed by atoms with Gasteiger partial charge in [0.1, 0.15) is 0 Å². The fraction of sp³-hybridized carbons (Fsp3) is 0.100. The molecule has 0 heterocycles. The molecule has 0 amide bonds. The summed E-state index contributed by atoms with van der Waals surface area (Å²) < 4.78 is 116. The zero-order valence-corrected chi connectivity index (χ0v) is 16.6. The molecule has 0 saturated carbocycles. The number of halogens is 10. The summed E-state index contributed by atoms with van der Waals surface area (Å²) in [5.74, 6) is 0. The van der Waals surface area contributed by atoms with Crippen molar-refractivity contribution in [3.05, 3.63) is 90.0 Å². The Bertz CT molecular complexity index is 915. The Hall–Kier alpha value is -2.63. The Labute approximate surface area is 179 Å². The van der Waals surface area contributed by atoms with Crippen molar-refractivity contribution in [2.75, 3.05) is 0 Å². The number of hydrogen-bond donors (Lipinski definition) is 0. The third-order valence-corrected chi connectivity index (χ3v) is 6.04. The number of hydrogen-bond acceptors (Lipinski definition) is 0. The average Bonchev–Trinajstić information content (AvgIpc) is 2.67. The van der Waals surface area contributed by atoms with E-state index in [9.17, 15) is 43.6 Å². The van der Waals surface area contributed by atoms with Gasteiger partial charge in [-0.1, -0.05) is 18.2 Å². The van der Waals surface area contributed by atoms with Crippen LogP contribution in [0.25, 0.3) is 0 Å². The molecule has 0 nitrogen and oxygen atoms in total. The predicted molar refractivity (Wildman–Crippen MR) is 102 cm³/mol. The van der Waals surface area contributed by atoms with Gasteiger partial charge in [-0.3, -0.25) is 0 Å². The van der Waals surface area contributed by atoms with Gasteiger partial charge >= 0.3 is 19.6 Å². The Kier molecular flexibility index (Phi) is 7.92. The zero-order valence-electron chi connectivity index (χ0n) is 15.8. The van der Waals surface area contributed by atoms with Crippen molar-refractivity contribution >= 4 is 18.1 Å². The molecule has 12 heteroatoms. The lowest BCUT2D eigenvalue weighted by Crippen LogP contribution is -2.09. The van der Waals surface area contributed by atoms with Gasteiger partial charge in [0.2, 0.25) is 0 Å². The maximum Gasteiger partial charge on any atom is 0.673 e. The fourth-order valence-corrected chi connectivity index (χ4v) is 4.59. The highest BCUT2D eigenvalue weighted by Gasteiger charge is 2.35. The van der Waals surface area contributed by atoms with Crippen LogP contribution in [0.4, 0.5) is 43.6 Å². The quantitative estimate of drug-likeness (QED) is 0.199. The molecule has 3 rings (SSSR count). The summed E-state index contributed by atoms with van der Waals surface area (Å²) in [6.45, 7) is 0. The van der Waals surface area contributed by atoms with E-state index in [1.165, 1.54) is 24.3 Å². The lowest BCUT2D eigenvalue weighted by molar-refractivity contribution is -0.138. The van der Waals surface area contributed by atoms with Gasteiger partial charge in [0.25, 0.3) is 0 Å². The summed E-state index contributed by atoms with van der Waals surface area (Å²) in [5, 5.41) is 0. The second-order valence-corrected chi connectivity index (χ2v) is 8.18. The number of benzene rings is 3. The molecule has 0 aliphatic rings. The van der Waals surface area contributed by atoms with Crippen LogP contribution in [-0.2, 0) is 23.2 Å².